The van der Waals surface area contributed by atoms with Crippen molar-refractivity contribution in [2.45, 2.75) is 37.8 Å². The Morgan fingerprint density at radius 1 is 0.576 bits per heavy atom. The van der Waals surface area contributed by atoms with E-state index >= 15 is 0 Å². The van der Waals surface area contributed by atoms with Crippen molar-refractivity contribution in [1.29, 1.82) is 0 Å². The summed E-state index contributed by atoms with van der Waals surface area (Å²) in [6.45, 7) is 11.2. The molecule has 4 aliphatic rings. The number of nitrogens with zero attached hydrogens (tertiary/aromatic N) is 7. The lowest BCUT2D eigenvalue weighted by molar-refractivity contribution is 0.120. The van der Waals surface area contributed by atoms with Gasteiger partial charge in [-0.05, 0) is 67.6 Å². The normalized spacial score (nSPS) is 16.8. The summed E-state index contributed by atoms with van der Waals surface area (Å²) in [5, 5.41) is 2.30. The van der Waals surface area contributed by atoms with E-state index in [0.29, 0.717) is 49.6 Å². The van der Waals surface area contributed by atoms with Crippen molar-refractivity contribution in [2.75, 3.05) is 85.3 Å². The summed E-state index contributed by atoms with van der Waals surface area (Å²) >= 11 is 0. The van der Waals surface area contributed by atoms with Gasteiger partial charge in [0.05, 0.1) is 36.8 Å². The molecule has 4 aromatic heterocycles. The largest absolute Gasteiger partial charge is 0.423 e. The second-order valence-corrected chi connectivity index (χ2v) is 19.3. The highest BCUT2D eigenvalue weighted by Crippen LogP contribution is 2.37. The molecular formula is C51H50N8O6S. The monoisotopic (exact) mass is 902 g/mol. The second kappa shape index (κ2) is 16.6. The van der Waals surface area contributed by atoms with Gasteiger partial charge in [0.2, 0.25) is 0 Å². The first-order chi connectivity index (χ1) is 32.3. The van der Waals surface area contributed by atoms with Crippen LogP contribution in [0.3, 0.4) is 0 Å². The van der Waals surface area contributed by atoms with Gasteiger partial charge in [-0.1, -0.05) is 54.1 Å². The number of morpholine rings is 2. The molecule has 13 rings (SSSR count). The molecule has 2 saturated heterocycles. The third kappa shape index (κ3) is 7.31. The minimum atomic E-state index is -3.74. The van der Waals surface area contributed by atoms with Crippen molar-refractivity contribution in [2.24, 2.45) is 0 Å². The van der Waals surface area contributed by atoms with E-state index in [-0.39, 0.29) is 0 Å². The summed E-state index contributed by atoms with van der Waals surface area (Å²) in [4.78, 5) is 22.4. The van der Waals surface area contributed by atoms with Crippen molar-refractivity contribution < 1.29 is 26.7 Å². The molecule has 4 aliphatic heterocycles. The van der Waals surface area contributed by atoms with Crippen LogP contribution in [0.1, 0.15) is 28.1 Å². The van der Waals surface area contributed by atoms with E-state index in [2.05, 4.69) is 73.1 Å². The quantitative estimate of drug-likeness (QED) is 0.171. The molecule has 2 fully saturated rings. The van der Waals surface area contributed by atoms with Crippen LogP contribution >= 0.6 is 0 Å². The number of hydrogen-bond donors (Lipinski definition) is 1. The van der Waals surface area contributed by atoms with Crippen LogP contribution in [0, 0.1) is 6.92 Å². The molecular weight excluding hydrogens is 853 g/mol. The van der Waals surface area contributed by atoms with Crippen LogP contribution in [0.25, 0.3) is 44.0 Å². The van der Waals surface area contributed by atoms with Crippen LogP contribution < -0.4 is 19.6 Å². The fourth-order valence-corrected chi connectivity index (χ4v) is 11.5. The summed E-state index contributed by atoms with van der Waals surface area (Å²) in [5.41, 5.74) is 13.3. The molecule has 0 spiro atoms. The van der Waals surface area contributed by atoms with Crippen LogP contribution in [0.2, 0.25) is 0 Å². The van der Waals surface area contributed by atoms with Crippen LogP contribution in [0.4, 0.5) is 23.4 Å². The lowest BCUT2D eigenvalue weighted by Crippen LogP contribution is -2.36. The minimum Gasteiger partial charge on any atom is -0.423 e. The number of benzene rings is 5. The van der Waals surface area contributed by atoms with Crippen molar-refractivity contribution in [3.8, 4) is 0 Å². The van der Waals surface area contributed by atoms with Gasteiger partial charge in [-0.15, -0.1) is 0 Å². The van der Waals surface area contributed by atoms with E-state index in [4.69, 9.17) is 28.3 Å². The summed E-state index contributed by atoms with van der Waals surface area (Å²) in [6, 6.07) is 37.2. The minimum absolute atomic E-state index is 0.307. The maximum absolute atomic E-state index is 13.8. The SMILES string of the molecule is Cc1ccc(S(=O)(=O)n2c3c(c4ccccc42)CN(c2ccc4oc(N5CCOCC5)nc4c2)CC3)cc1.c1ccc2c3c([nH]c2c1)CCN(c1ccc2oc(N4CCOCC4)nc2c1)C3. The predicted molar refractivity (Wildman–Crippen MR) is 258 cm³/mol. The highest BCUT2D eigenvalue weighted by molar-refractivity contribution is 7.90. The first-order valence-corrected chi connectivity index (χ1v) is 24.3. The van der Waals surface area contributed by atoms with Crippen molar-refractivity contribution >= 4 is 77.4 Å². The highest BCUT2D eigenvalue weighted by Gasteiger charge is 2.31. The van der Waals surface area contributed by atoms with E-state index < -0.39 is 10.0 Å². The number of aromatic amines is 1. The topological polar surface area (TPSA) is 138 Å². The maximum atomic E-state index is 13.8. The fraction of sp³-hybridized carbons (Fsp3) is 0.294. The number of aromatic nitrogens is 4. The Morgan fingerprint density at radius 3 is 1.77 bits per heavy atom. The van der Waals surface area contributed by atoms with Gasteiger partial charge in [-0.3, -0.25) is 0 Å². The van der Waals surface area contributed by atoms with Gasteiger partial charge < -0.3 is 42.9 Å². The first-order valence-electron chi connectivity index (χ1n) is 22.8. The Labute approximate surface area is 382 Å². The molecule has 0 amide bonds. The van der Waals surface area contributed by atoms with Gasteiger partial charge in [-0.25, -0.2) is 12.4 Å². The Morgan fingerprint density at radius 2 is 1.14 bits per heavy atom. The number of H-pyrrole nitrogens is 1. The Kier molecular flexibility index (Phi) is 10.2. The zero-order valence-corrected chi connectivity index (χ0v) is 37.6. The zero-order chi connectivity index (χ0) is 44.4. The molecule has 15 heteroatoms. The van der Waals surface area contributed by atoms with Crippen molar-refractivity contribution in [1.82, 2.24) is 18.9 Å². The van der Waals surface area contributed by atoms with Gasteiger partial charge in [0, 0.05) is 115 Å². The third-order valence-electron chi connectivity index (χ3n) is 13.5. The van der Waals surface area contributed by atoms with Gasteiger partial charge in [0.15, 0.2) is 11.2 Å². The molecule has 1 N–H and O–H groups in total. The molecule has 9 aromatic rings. The molecule has 5 aromatic carbocycles. The fourth-order valence-electron chi connectivity index (χ4n) is 9.95. The molecule has 336 valence electrons. The van der Waals surface area contributed by atoms with Gasteiger partial charge >= 0.3 is 0 Å². The Hall–Kier alpha value is -6.81. The first kappa shape index (κ1) is 40.7. The number of aryl methyl sites for hydroxylation is 1. The summed E-state index contributed by atoms with van der Waals surface area (Å²) in [7, 11) is -3.74. The number of ether oxygens (including phenoxy) is 2. The van der Waals surface area contributed by atoms with Crippen LogP contribution in [-0.4, -0.2) is 93.0 Å². The van der Waals surface area contributed by atoms with Gasteiger partial charge in [0.1, 0.15) is 11.0 Å². The lowest BCUT2D eigenvalue weighted by Gasteiger charge is -2.30. The van der Waals surface area contributed by atoms with Crippen LogP contribution in [-0.2, 0) is 45.4 Å². The van der Waals surface area contributed by atoms with Crippen LogP contribution in [0.5, 0.6) is 0 Å². The summed E-state index contributed by atoms with van der Waals surface area (Å²) in [5.74, 6) is 0. The number of rotatable bonds is 6. The molecule has 0 aliphatic carbocycles. The number of anilines is 4. The van der Waals surface area contributed by atoms with E-state index in [1.165, 1.54) is 27.8 Å². The lowest BCUT2D eigenvalue weighted by atomic mass is 10.0. The molecule has 0 bridgehead atoms. The van der Waals surface area contributed by atoms with E-state index in [1.807, 2.05) is 55.5 Å². The standard InChI is InChI=1S/C29H28N4O4S.C22H22N4O2/c1-20-6-9-22(10-7-20)38(34,35)33-26-5-3-2-4-23(26)24-19-32(13-12-27(24)33)21-8-11-28-25(18-21)30-29(37-28)31-14-16-36-17-15-31;1-2-4-18-16(3-1)17-14-26(8-7-19(17)23-18)15-5-6-21-20(13-15)24-22(28-21)25-9-11-27-12-10-25/h2-11,18H,12-17,19H2,1H3;1-6,13,23H,7-12,14H2. The highest BCUT2D eigenvalue weighted by atomic mass is 32.2. The molecule has 14 nitrogen and oxygen atoms in total. The van der Waals surface area contributed by atoms with Gasteiger partial charge in [-0.2, -0.15) is 9.97 Å². The Balaban J connectivity index is 0.000000145. The van der Waals surface area contributed by atoms with Crippen molar-refractivity contribution in [3.05, 3.63) is 137 Å². The predicted octanol–water partition coefficient (Wildman–Crippen LogP) is 8.44. The molecule has 66 heavy (non-hydrogen) atoms. The number of oxazole rings is 2. The smallest absolute Gasteiger partial charge is 0.298 e. The molecule has 0 unspecified atom stereocenters. The average Bonchev–Trinajstić information content (AvgIpc) is 4.16. The van der Waals surface area contributed by atoms with E-state index in [1.54, 1.807) is 16.1 Å². The second-order valence-electron chi connectivity index (χ2n) is 17.5. The average molecular weight is 903 g/mol. The number of fused-ring (bicyclic) bond motifs is 8. The maximum Gasteiger partial charge on any atom is 0.298 e. The number of para-hydroxylation sites is 2. The zero-order valence-electron chi connectivity index (χ0n) is 36.8. The molecule has 8 heterocycles. The molecule has 0 atom stereocenters. The summed E-state index contributed by atoms with van der Waals surface area (Å²) < 4.78 is 52.1. The third-order valence-corrected chi connectivity index (χ3v) is 15.2. The van der Waals surface area contributed by atoms with Gasteiger partial charge in [0.25, 0.3) is 22.1 Å². The number of hydrogen-bond acceptors (Lipinski definition) is 12. The van der Waals surface area contributed by atoms with E-state index in [0.717, 1.165) is 115 Å². The van der Waals surface area contributed by atoms with Crippen molar-refractivity contribution in [3.63, 3.8) is 0 Å². The Bertz CT molecular complexity index is 3360. The summed E-state index contributed by atoms with van der Waals surface area (Å²) in [6.07, 6.45) is 1.64. The molecule has 0 saturated carbocycles. The number of nitrogens with one attached hydrogen (secondary N) is 1. The van der Waals surface area contributed by atoms with Crippen LogP contribution in [0.15, 0.2) is 123 Å². The van der Waals surface area contributed by atoms with E-state index in [9.17, 15) is 8.42 Å². The molecule has 0 radical (unpaired) electrons.